The van der Waals surface area contributed by atoms with Crippen LogP contribution in [-0.2, 0) is 6.42 Å². The number of rotatable bonds is 2. The third kappa shape index (κ3) is 2.54. The molecule has 0 spiro atoms. The third-order valence-corrected chi connectivity index (χ3v) is 3.26. The molecule has 1 heterocycles. The molecule has 21 heavy (non-hydrogen) atoms. The van der Waals surface area contributed by atoms with E-state index in [1.807, 2.05) is 6.07 Å². The average molecular weight is 279 g/mol. The first-order valence-corrected chi connectivity index (χ1v) is 6.36. The molecule has 0 radical (unpaired) electrons. The van der Waals surface area contributed by atoms with Crippen LogP contribution in [0.3, 0.4) is 0 Å². The maximum atomic E-state index is 13.1. The Bertz CT molecular complexity index is 922. The Morgan fingerprint density at radius 2 is 2.05 bits per heavy atom. The quantitative estimate of drug-likeness (QED) is 0.722. The summed E-state index contributed by atoms with van der Waals surface area (Å²) in [5, 5.41) is 9.24. The zero-order valence-corrected chi connectivity index (χ0v) is 11.0. The van der Waals surface area contributed by atoms with Crippen LogP contribution in [0.5, 0.6) is 0 Å². The molecule has 4 heteroatoms. The summed E-state index contributed by atoms with van der Waals surface area (Å²) in [5.41, 5.74) is 1.92. The van der Waals surface area contributed by atoms with Gasteiger partial charge in [-0.05, 0) is 29.8 Å². The van der Waals surface area contributed by atoms with Crippen LogP contribution in [0.25, 0.3) is 11.0 Å². The van der Waals surface area contributed by atoms with Crippen molar-refractivity contribution >= 4 is 11.0 Å². The fraction of sp³-hybridized carbons (Fsp3) is 0.0588. The highest BCUT2D eigenvalue weighted by Crippen LogP contribution is 2.15. The maximum absolute atomic E-state index is 13.1. The highest BCUT2D eigenvalue weighted by molar-refractivity contribution is 5.76. The minimum atomic E-state index is -0.444. The molecule has 3 nitrogen and oxygen atoms in total. The van der Waals surface area contributed by atoms with E-state index in [1.165, 1.54) is 24.5 Å². The van der Waals surface area contributed by atoms with Gasteiger partial charge in [0, 0.05) is 18.1 Å². The number of halogens is 1. The fourth-order valence-corrected chi connectivity index (χ4v) is 2.24. The van der Waals surface area contributed by atoms with Gasteiger partial charge in [0.1, 0.15) is 11.4 Å². The van der Waals surface area contributed by atoms with Crippen molar-refractivity contribution in [1.29, 1.82) is 5.26 Å². The van der Waals surface area contributed by atoms with Gasteiger partial charge in [0.2, 0.25) is 0 Å². The van der Waals surface area contributed by atoms with Crippen molar-refractivity contribution in [2.24, 2.45) is 0 Å². The Morgan fingerprint density at radius 1 is 1.19 bits per heavy atom. The molecule has 2 aromatic carbocycles. The Kier molecular flexibility index (Phi) is 3.25. The molecule has 0 N–H and O–H groups in total. The molecular weight excluding hydrogens is 269 g/mol. The highest BCUT2D eigenvalue weighted by atomic mass is 19.1. The van der Waals surface area contributed by atoms with Crippen molar-refractivity contribution in [2.45, 2.75) is 6.42 Å². The van der Waals surface area contributed by atoms with Gasteiger partial charge in [-0.3, -0.25) is 4.79 Å². The summed E-state index contributed by atoms with van der Waals surface area (Å²) in [6, 6.07) is 13.0. The van der Waals surface area contributed by atoms with Crippen LogP contribution in [-0.4, -0.2) is 0 Å². The van der Waals surface area contributed by atoms with E-state index in [1.54, 1.807) is 18.2 Å². The Morgan fingerprint density at radius 3 is 2.86 bits per heavy atom. The lowest BCUT2D eigenvalue weighted by Crippen LogP contribution is -2.09. The topological polar surface area (TPSA) is 54.0 Å². The zero-order chi connectivity index (χ0) is 14.8. The predicted molar refractivity (Wildman–Crippen MR) is 76.4 cm³/mol. The van der Waals surface area contributed by atoms with Crippen molar-refractivity contribution in [2.75, 3.05) is 0 Å². The summed E-state index contributed by atoms with van der Waals surface area (Å²) < 4.78 is 18.4. The standard InChI is InChI=1S/C17H10FNO2/c18-14-4-5-15-16(8-14)21-10-13(17(15)20)7-11-2-1-3-12(6-11)9-19/h1-6,8,10H,7H2. The summed E-state index contributed by atoms with van der Waals surface area (Å²) in [6.45, 7) is 0. The molecule has 102 valence electrons. The van der Waals surface area contributed by atoms with Crippen molar-refractivity contribution in [1.82, 2.24) is 0 Å². The lowest BCUT2D eigenvalue weighted by molar-refractivity contribution is 0.582. The third-order valence-electron chi connectivity index (χ3n) is 3.26. The first-order valence-electron chi connectivity index (χ1n) is 6.36. The van der Waals surface area contributed by atoms with Crippen LogP contribution in [0, 0.1) is 17.1 Å². The molecule has 0 bridgehead atoms. The minimum absolute atomic E-state index is 0.182. The first-order chi connectivity index (χ1) is 10.2. The molecule has 0 amide bonds. The number of hydrogen-bond acceptors (Lipinski definition) is 3. The van der Waals surface area contributed by atoms with E-state index in [-0.39, 0.29) is 11.0 Å². The number of nitriles is 1. The normalized spacial score (nSPS) is 10.5. The van der Waals surface area contributed by atoms with E-state index < -0.39 is 5.82 Å². The summed E-state index contributed by atoms with van der Waals surface area (Å²) in [5.74, 6) is -0.444. The Balaban J connectivity index is 2.05. The van der Waals surface area contributed by atoms with Crippen LogP contribution in [0.4, 0.5) is 4.39 Å². The molecular formula is C17H10FNO2. The van der Waals surface area contributed by atoms with Crippen LogP contribution < -0.4 is 5.43 Å². The molecule has 0 saturated carbocycles. The van der Waals surface area contributed by atoms with E-state index >= 15 is 0 Å². The van der Waals surface area contributed by atoms with Crippen molar-refractivity contribution in [3.63, 3.8) is 0 Å². The van der Waals surface area contributed by atoms with Gasteiger partial charge >= 0.3 is 0 Å². The van der Waals surface area contributed by atoms with Gasteiger partial charge < -0.3 is 4.42 Å². The van der Waals surface area contributed by atoms with Gasteiger partial charge in [-0.25, -0.2) is 4.39 Å². The SMILES string of the molecule is N#Cc1cccc(Cc2coc3cc(F)ccc3c2=O)c1. The van der Waals surface area contributed by atoms with Crippen LogP contribution in [0.2, 0.25) is 0 Å². The molecule has 0 atom stereocenters. The van der Waals surface area contributed by atoms with Gasteiger partial charge in [-0.1, -0.05) is 12.1 Å². The van der Waals surface area contributed by atoms with E-state index in [0.717, 1.165) is 5.56 Å². The number of nitrogens with zero attached hydrogens (tertiary/aromatic N) is 1. The van der Waals surface area contributed by atoms with Crippen LogP contribution in [0.1, 0.15) is 16.7 Å². The van der Waals surface area contributed by atoms with Gasteiger partial charge in [0.25, 0.3) is 0 Å². The van der Waals surface area contributed by atoms with Gasteiger partial charge in [-0.15, -0.1) is 0 Å². The van der Waals surface area contributed by atoms with Crippen LogP contribution >= 0.6 is 0 Å². The molecule has 0 saturated heterocycles. The zero-order valence-electron chi connectivity index (χ0n) is 11.0. The van der Waals surface area contributed by atoms with Crippen molar-refractivity contribution in [3.05, 3.63) is 81.5 Å². The summed E-state index contributed by atoms with van der Waals surface area (Å²) in [7, 11) is 0. The largest absolute Gasteiger partial charge is 0.464 e. The van der Waals surface area contributed by atoms with Crippen molar-refractivity contribution in [3.8, 4) is 6.07 Å². The second-order valence-corrected chi connectivity index (χ2v) is 4.72. The first kappa shape index (κ1) is 13.1. The number of fused-ring (bicyclic) bond motifs is 1. The highest BCUT2D eigenvalue weighted by Gasteiger charge is 2.09. The lowest BCUT2D eigenvalue weighted by atomic mass is 10.0. The van der Waals surface area contributed by atoms with E-state index in [9.17, 15) is 9.18 Å². The molecule has 3 aromatic rings. The number of benzene rings is 2. The second kappa shape index (κ2) is 5.22. The maximum Gasteiger partial charge on any atom is 0.196 e. The molecule has 0 aliphatic carbocycles. The van der Waals surface area contributed by atoms with Gasteiger partial charge in [0.15, 0.2) is 5.43 Å². The van der Waals surface area contributed by atoms with Crippen molar-refractivity contribution < 1.29 is 8.81 Å². The second-order valence-electron chi connectivity index (χ2n) is 4.72. The average Bonchev–Trinajstić information content (AvgIpc) is 2.50. The molecule has 0 fully saturated rings. The van der Waals surface area contributed by atoms with E-state index in [4.69, 9.17) is 9.68 Å². The number of hydrogen-bond donors (Lipinski definition) is 0. The fourth-order valence-electron chi connectivity index (χ4n) is 2.24. The van der Waals surface area contributed by atoms with E-state index in [0.29, 0.717) is 22.9 Å². The van der Waals surface area contributed by atoms with E-state index in [2.05, 4.69) is 6.07 Å². The Hall–Kier alpha value is -2.93. The Labute approximate surface area is 119 Å². The minimum Gasteiger partial charge on any atom is -0.464 e. The summed E-state index contributed by atoms with van der Waals surface area (Å²) in [6.07, 6.45) is 1.72. The molecule has 0 unspecified atom stereocenters. The molecule has 3 rings (SSSR count). The lowest BCUT2D eigenvalue weighted by Gasteiger charge is -2.03. The van der Waals surface area contributed by atoms with Gasteiger partial charge in [0.05, 0.1) is 23.3 Å². The molecule has 1 aromatic heterocycles. The summed E-state index contributed by atoms with van der Waals surface area (Å²) >= 11 is 0. The predicted octanol–water partition coefficient (Wildman–Crippen LogP) is 3.39. The molecule has 0 aliphatic rings. The monoisotopic (exact) mass is 279 g/mol. The van der Waals surface area contributed by atoms with Crippen LogP contribution in [0.15, 0.2) is 57.9 Å². The van der Waals surface area contributed by atoms with Gasteiger partial charge in [-0.2, -0.15) is 5.26 Å². The molecule has 0 aliphatic heterocycles. The smallest absolute Gasteiger partial charge is 0.196 e. The summed E-state index contributed by atoms with van der Waals surface area (Å²) in [4.78, 5) is 12.4.